The second-order valence-electron chi connectivity index (χ2n) is 17.8. The number of rotatable bonds is 49. The Bertz CT molecular complexity index is 840. The maximum Gasteiger partial charge on any atom is 0.306 e. The Hall–Kier alpha value is -1.36. The van der Waals surface area contributed by atoms with Gasteiger partial charge in [-0.25, -0.2) is 0 Å². The number of carbonyl (C=O) groups is 2. The molecule has 0 N–H and O–H groups in total. The number of unbranched alkanes of at least 4 members (excludes halogenated alkanes) is 36. The average Bonchev–Trinajstić information content (AvgIpc) is 3.22. The summed E-state index contributed by atoms with van der Waals surface area (Å²) in [6, 6.07) is 0. The zero-order valence-corrected chi connectivity index (χ0v) is 39.6. The molecule has 0 aromatic carbocycles. The first-order valence-electron chi connectivity index (χ1n) is 26.2. The number of ether oxygens (including phenoxy) is 3. The van der Waals surface area contributed by atoms with Crippen LogP contribution in [0.1, 0.15) is 290 Å². The summed E-state index contributed by atoms with van der Waals surface area (Å²) in [7, 11) is 0. The minimum absolute atomic E-state index is 0.0914. The zero-order chi connectivity index (χ0) is 42.1. The van der Waals surface area contributed by atoms with Crippen LogP contribution in [0, 0.1) is 0 Å². The first-order valence-corrected chi connectivity index (χ1v) is 26.2. The molecule has 5 nitrogen and oxygen atoms in total. The highest BCUT2D eigenvalue weighted by Gasteiger charge is 2.17. The molecule has 0 spiro atoms. The molecule has 0 aliphatic carbocycles. The normalized spacial score (nSPS) is 12.1. The molecule has 0 aromatic heterocycles. The van der Waals surface area contributed by atoms with E-state index in [1.54, 1.807) is 0 Å². The molecular weight excluding hydrogens is 717 g/mol. The van der Waals surface area contributed by atoms with Crippen molar-refractivity contribution in [3.8, 4) is 0 Å². The van der Waals surface area contributed by atoms with Crippen LogP contribution in [0.5, 0.6) is 0 Å². The van der Waals surface area contributed by atoms with Crippen LogP contribution in [0.25, 0.3) is 0 Å². The van der Waals surface area contributed by atoms with Crippen molar-refractivity contribution in [2.75, 3.05) is 19.8 Å². The van der Waals surface area contributed by atoms with Gasteiger partial charge < -0.3 is 14.2 Å². The predicted octanol–water partition coefficient (Wildman–Crippen LogP) is 17.5. The highest BCUT2D eigenvalue weighted by Crippen LogP contribution is 2.16. The highest BCUT2D eigenvalue weighted by molar-refractivity contribution is 5.70. The van der Waals surface area contributed by atoms with Crippen LogP contribution in [0.3, 0.4) is 0 Å². The van der Waals surface area contributed by atoms with Gasteiger partial charge in [0.2, 0.25) is 0 Å². The van der Waals surface area contributed by atoms with Gasteiger partial charge in [0.25, 0.3) is 0 Å². The molecule has 0 fully saturated rings. The maximum absolute atomic E-state index is 12.8. The molecule has 0 saturated carbocycles. The van der Waals surface area contributed by atoms with Gasteiger partial charge in [0.15, 0.2) is 6.10 Å². The van der Waals surface area contributed by atoms with Crippen LogP contribution in [0.4, 0.5) is 0 Å². The Morgan fingerprint density at radius 2 is 0.672 bits per heavy atom. The van der Waals surface area contributed by atoms with E-state index in [1.807, 2.05) is 0 Å². The minimum atomic E-state index is -0.530. The quantitative estimate of drug-likeness (QED) is 0.0348. The molecule has 1 unspecified atom stereocenters. The van der Waals surface area contributed by atoms with E-state index in [0.717, 1.165) is 44.9 Å². The third-order valence-corrected chi connectivity index (χ3v) is 11.8. The fourth-order valence-corrected chi connectivity index (χ4v) is 7.86. The number of esters is 2. The number of hydrogen-bond acceptors (Lipinski definition) is 5. The summed E-state index contributed by atoms with van der Waals surface area (Å²) in [6.07, 6.45) is 56.4. The Balaban J connectivity index is 4.21. The summed E-state index contributed by atoms with van der Waals surface area (Å²) in [5.41, 5.74) is 0. The van der Waals surface area contributed by atoms with Gasteiger partial charge in [-0.1, -0.05) is 245 Å². The third-order valence-electron chi connectivity index (χ3n) is 11.8. The third kappa shape index (κ3) is 47.3. The van der Waals surface area contributed by atoms with E-state index in [-0.39, 0.29) is 18.5 Å². The summed E-state index contributed by atoms with van der Waals surface area (Å²) in [6.45, 7) is 7.87. The first-order chi connectivity index (χ1) is 28.6. The zero-order valence-electron chi connectivity index (χ0n) is 39.6. The molecule has 344 valence electrons. The first kappa shape index (κ1) is 56.6. The highest BCUT2D eigenvalue weighted by atomic mass is 16.6. The van der Waals surface area contributed by atoms with Crippen LogP contribution in [0.15, 0.2) is 12.2 Å². The molecule has 0 radical (unpaired) electrons. The Labute approximate surface area is 363 Å². The van der Waals surface area contributed by atoms with E-state index in [0.29, 0.717) is 26.1 Å². The van der Waals surface area contributed by atoms with Crippen molar-refractivity contribution in [1.29, 1.82) is 0 Å². The lowest BCUT2D eigenvalue weighted by Gasteiger charge is -2.18. The van der Waals surface area contributed by atoms with Crippen LogP contribution in [-0.4, -0.2) is 37.9 Å². The maximum atomic E-state index is 12.8. The molecule has 0 aliphatic heterocycles. The van der Waals surface area contributed by atoms with Crippen molar-refractivity contribution < 1.29 is 23.8 Å². The van der Waals surface area contributed by atoms with Crippen molar-refractivity contribution in [3.63, 3.8) is 0 Å². The summed E-state index contributed by atoms with van der Waals surface area (Å²) in [4.78, 5) is 25.4. The molecule has 58 heavy (non-hydrogen) atoms. The van der Waals surface area contributed by atoms with E-state index in [9.17, 15) is 9.59 Å². The van der Waals surface area contributed by atoms with E-state index in [1.165, 1.54) is 212 Å². The molecule has 0 amide bonds. The smallest absolute Gasteiger partial charge is 0.306 e. The SMILES string of the molecule is CCCCCC/C=C\CCCCCCCC(=O)OC(COCCCCCCCCCCCCCCCC)COC(=O)CCCCCCCCCCCCCCCCC. The largest absolute Gasteiger partial charge is 0.462 e. The summed E-state index contributed by atoms with van der Waals surface area (Å²) < 4.78 is 17.4. The lowest BCUT2D eigenvalue weighted by Crippen LogP contribution is -2.30. The van der Waals surface area contributed by atoms with E-state index < -0.39 is 6.10 Å². The fourth-order valence-electron chi connectivity index (χ4n) is 7.86. The second kappa shape index (κ2) is 50.0. The number of allylic oxidation sites excluding steroid dienone is 2. The number of hydrogen-bond donors (Lipinski definition) is 0. The van der Waals surface area contributed by atoms with Gasteiger partial charge >= 0.3 is 11.9 Å². The van der Waals surface area contributed by atoms with Crippen molar-refractivity contribution in [2.24, 2.45) is 0 Å². The summed E-state index contributed by atoms with van der Waals surface area (Å²) in [5.74, 6) is -0.386. The lowest BCUT2D eigenvalue weighted by atomic mass is 10.0. The molecule has 1 atom stereocenters. The Morgan fingerprint density at radius 1 is 0.362 bits per heavy atom. The van der Waals surface area contributed by atoms with E-state index >= 15 is 0 Å². The predicted molar refractivity (Wildman–Crippen MR) is 252 cm³/mol. The minimum Gasteiger partial charge on any atom is -0.462 e. The Kier molecular flexibility index (Phi) is 48.8. The van der Waals surface area contributed by atoms with Gasteiger partial charge in [0.1, 0.15) is 6.61 Å². The lowest BCUT2D eigenvalue weighted by molar-refractivity contribution is -0.163. The standard InChI is InChI=1S/C53H102O5/c1-4-7-10-13-16-19-22-25-27-29-31-34-37-40-43-46-52(54)57-50-51(49-56-48-45-42-39-36-33-30-26-23-20-17-14-11-8-5-2)58-53(55)47-44-41-38-35-32-28-24-21-18-15-12-9-6-3/h21,24,51H,4-20,22-23,25-50H2,1-3H3/b24-21-. The van der Waals surface area contributed by atoms with Gasteiger partial charge in [-0.3, -0.25) is 9.59 Å². The Morgan fingerprint density at radius 3 is 1.07 bits per heavy atom. The summed E-state index contributed by atoms with van der Waals surface area (Å²) >= 11 is 0. The van der Waals surface area contributed by atoms with Crippen LogP contribution in [-0.2, 0) is 23.8 Å². The van der Waals surface area contributed by atoms with Crippen LogP contribution in [0.2, 0.25) is 0 Å². The van der Waals surface area contributed by atoms with Crippen molar-refractivity contribution >= 4 is 11.9 Å². The molecule has 0 aromatic rings. The van der Waals surface area contributed by atoms with Crippen molar-refractivity contribution in [1.82, 2.24) is 0 Å². The molecular formula is C53H102O5. The number of carbonyl (C=O) groups excluding carboxylic acids is 2. The van der Waals surface area contributed by atoms with Gasteiger partial charge in [-0.05, 0) is 44.9 Å². The van der Waals surface area contributed by atoms with E-state index in [4.69, 9.17) is 14.2 Å². The van der Waals surface area contributed by atoms with Gasteiger partial charge in [-0.2, -0.15) is 0 Å². The fraction of sp³-hybridized carbons (Fsp3) is 0.925. The van der Waals surface area contributed by atoms with Crippen LogP contribution < -0.4 is 0 Å². The van der Waals surface area contributed by atoms with Crippen molar-refractivity contribution in [2.45, 2.75) is 297 Å². The molecule has 0 aliphatic rings. The molecule has 0 heterocycles. The monoisotopic (exact) mass is 819 g/mol. The summed E-state index contributed by atoms with van der Waals surface area (Å²) in [5, 5.41) is 0. The molecule has 0 saturated heterocycles. The van der Waals surface area contributed by atoms with E-state index in [2.05, 4.69) is 32.9 Å². The van der Waals surface area contributed by atoms with Gasteiger partial charge in [-0.15, -0.1) is 0 Å². The van der Waals surface area contributed by atoms with Gasteiger partial charge in [0, 0.05) is 19.4 Å². The topological polar surface area (TPSA) is 61.8 Å². The van der Waals surface area contributed by atoms with Crippen molar-refractivity contribution in [3.05, 3.63) is 12.2 Å². The van der Waals surface area contributed by atoms with Crippen LogP contribution >= 0.6 is 0 Å². The molecule has 0 rings (SSSR count). The second-order valence-corrected chi connectivity index (χ2v) is 17.8. The average molecular weight is 819 g/mol. The molecule has 5 heteroatoms. The molecule has 0 bridgehead atoms. The van der Waals surface area contributed by atoms with Gasteiger partial charge in [0.05, 0.1) is 6.61 Å².